The molecule has 0 saturated carbocycles. The first-order valence-electron chi connectivity index (χ1n) is 9.78. The van der Waals surface area contributed by atoms with Gasteiger partial charge in [0.2, 0.25) is 6.10 Å². The van der Waals surface area contributed by atoms with Crippen molar-refractivity contribution in [2.75, 3.05) is 6.61 Å². The Morgan fingerprint density at radius 3 is 2.42 bits per heavy atom. The summed E-state index contributed by atoms with van der Waals surface area (Å²) in [7, 11) is 0. The van der Waals surface area contributed by atoms with E-state index >= 15 is 0 Å². The van der Waals surface area contributed by atoms with Crippen LogP contribution in [0.3, 0.4) is 0 Å². The molecule has 10 heteroatoms. The van der Waals surface area contributed by atoms with Crippen molar-refractivity contribution in [3.8, 4) is 17.2 Å². The number of nitro groups is 1. The van der Waals surface area contributed by atoms with Crippen LogP contribution in [0.1, 0.15) is 15.9 Å². The molecule has 1 aliphatic heterocycles. The van der Waals surface area contributed by atoms with Crippen molar-refractivity contribution >= 4 is 23.8 Å². The molecule has 0 spiro atoms. The average molecular weight is 447 g/mol. The average Bonchev–Trinajstić information content (AvgIpc) is 2.84. The van der Waals surface area contributed by atoms with Crippen LogP contribution >= 0.6 is 0 Å². The number of carbonyl (C=O) groups is 2. The van der Waals surface area contributed by atoms with Crippen molar-refractivity contribution < 1.29 is 28.7 Å². The SMILES string of the molecule is O=C(Oc1ccc(/C=N\NC(=O)[C@H]2COc3ccccc3O2)cc1)c1ccc([N+](=O)[O-])cc1. The fraction of sp³-hybridized carbons (Fsp3) is 0.0870. The number of hydrogen-bond acceptors (Lipinski definition) is 8. The summed E-state index contributed by atoms with van der Waals surface area (Å²) < 4.78 is 16.4. The summed E-state index contributed by atoms with van der Waals surface area (Å²) in [5, 5.41) is 14.6. The molecule has 10 nitrogen and oxygen atoms in total. The van der Waals surface area contributed by atoms with Crippen molar-refractivity contribution in [3.05, 3.63) is 94.0 Å². The van der Waals surface area contributed by atoms with E-state index in [1.165, 1.54) is 30.5 Å². The fourth-order valence-corrected chi connectivity index (χ4v) is 2.90. The van der Waals surface area contributed by atoms with Gasteiger partial charge in [-0.05, 0) is 54.1 Å². The molecule has 1 atom stereocenters. The van der Waals surface area contributed by atoms with Gasteiger partial charge < -0.3 is 14.2 Å². The lowest BCUT2D eigenvalue weighted by atomic mass is 10.2. The Balaban J connectivity index is 1.29. The number of hydrazone groups is 1. The smallest absolute Gasteiger partial charge is 0.343 e. The van der Waals surface area contributed by atoms with E-state index in [2.05, 4.69) is 10.5 Å². The third-order valence-electron chi connectivity index (χ3n) is 4.59. The highest BCUT2D eigenvalue weighted by molar-refractivity contribution is 5.91. The molecule has 1 N–H and O–H groups in total. The lowest BCUT2D eigenvalue weighted by Crippen LogP contribution is -2.42. The number of amides is 1. The van der Waals surface area contributed by atoms with Crippen molar-refractivity contribution in [2.24, 2.45) is 5.10 Å². The molecule has 0 aliphatic carbocycles. The monoisotopic (exact) mass is 447 g/mol. The Kier molecular flexibility index (Phi) is 6.26. The number of benzene rings is 3. The van der Waals surface area contributed by atoms with Crippen LogP contribution < -0.4 is 19.6 Å². The first kappa shape index (κ1) is 21.5. The van der Waals surface area contributed by atoms with Gasteiger partial charge in [0.1, 0.15) is 12.4 Å². The molecular weight excluding hydrogens is 430 g/mol. The van der Waals surface area contributed by atoms with Gasteiger partial charge in [-0.25, -0.2) is 10.2 Å². The van der Waals surface area contributed by atoms with E-state index in [0.29, 0.717) is 17.1 Å². The maximum absolute atomic E-state index is 12.2. The highest BCUT2D eigenvalue weighted by Crippen LogP contribution is 2.30. The molecule has 33 heavy (non-hydrogen) atoms. The molecule has 0 fully saturated rings. The molecule has 3 aromatic rings. The minimum atomic E-state index is -0.821. The van der Waals surface area contributed by atoms with Gasteiger partial charge in [-0.2, -0.15) is 5.10 Å². The van der Waals surface area contributed by atoms with Gasteiger partial charge in [0.25, 0.3) is 11.6 Å². The van der Waals surface area contributed by atoms with Crippen LogP contribution in [-0.4, -0.2) is 35.7 Å². The molecule has 1 aliphatic rings. The predicted molar refractivity (Wildman–Crippen MR) is 117 cm³/mol. The molecule has 0 radical (unpaired) electrons. The summed E-state index contributed by atoms with van der Waals surface area (Å²) in [5.74, 6) is 0.265. The molecule has 1 amide bonds. The Morgan fingerprint density at radius 2 is 1.73 bits per heavy atom. The number of para-hydroxylation sites is 2. The van der Waals surface area contributed by atoms with E-state index in [0.717, 1.165) is 0 Å². The first-order chi connectivity index (χ1) is 16.0. The third-order valence-corrected chi connectivity index (χ3v) is 4.59. The normalized spacial score (nSPS) is 14.5. The maximum Gasteiger partial charge on any atom is 0.343 e. The van der Waals surface area contributed by atoms with Crippen molar-refractivity contribution in [3.63, 3.8) is 0 Å². The number of nitro benzene ring substituents is 1. The molecule has 0 aromatic heterocycles. The quantitative estimate of drug-likeness (QED) is 0.202. The van der Waals surface area contributed by atoms with Crippen molar-refractivity contribution in [1.82, 2.24) is 5.43 Å². The molecular formula is C23H17N3O7. The highest BCUT2D eigenvalue weighted by atomic mass is 16.6. The number of fused-ring (bicyclic) bond motifs is 1. The molecule has 166 valence electrons. The second kappa shape index (κ2) is 9.60. The second-order valence-electron chi connectivity index (χ2n) is 6.86. The topological polar surface area (TPSA) is 129 Å². The van der Waals surface area contributed by atoms with Crippen LogP contribution in [-0.2, 0) is 4.79 Å². The minimum absolute atomic E-state index is 0.0766. The molecule has 3 aromatic carbocycles. The molecule has 1 heterocycles. The molecule has 4 rings (SSSR count). The predicted octanol–water partition coefficient (Wildman–Crippen LogP) is 3.10. The summed E-state index contributed by atoms with van der Waals surface area (Å²) in [4.78, 5) is 34.5. The summed E-state index contributed by atoms with van der Waals surface area (Å²) in [6, 6.07) is 18.6. The number of carbonyl (C=O) groups excluding carboxylic acids is 2. The van der Waals surface area contributed by atoms with E-state index in [1.807, 2.05) is 6.07 Å². The number of esters is 1. The number of rotatable bonds is 6. The zero-order valence-corrected chi connectivity index (χ0v) is 17.0. The summed E-state index contributed by atoms with van der Waals surface area (Å²) in [6.07, 6.45) is 0.607. The van der Waals surface area contributed by atoms with Gasteiger partial charge in [0, 0.05) is 12.1 Å². The van der Waals surface area contributed by atoms with Crippen LogP contribution in [0.15, 0.2) is 77.9 Å². The van der Waals surface area contributed by atoms with Gasteiger partial charge in [-0.15, -0.1) is 0 Å². The highest BCUT2D eigenvalue weighted by Gasteiger charge is 2.27. The van der Waals surface area contributed by atoms with Gasteiger partial charge in [0.15, 0.2) is 11.5 Å². The van der Waals surface area contributed by atoms with Crippen LogP contribution in [0.25, 0.3) is 0 Å². The molecule has 0 bridgehead atoms. The van der Waals surface area contributed by atoms with Crippen LogP contribution in [0.2, 0.25) is 0 Å². The molecule has 0 saturated heterocycles. The van der Waals surface area contributed by atoms with E-state index < -0.39 is 22.9 Å². The summed E-state index contributed by atoms with van der Waals surface area (Å²) >= 11 is 0. The van der Waals surface area contributed by atoms with E-state index in [9.17, 15) is 19.7 Å². The number of hydrogen-bond donors (Lipinski definition) is 1. The number of nitrogens with one attached hydrogen (secondary N) is 1. The maximum atomic E-state index is 12.2. The van der Waals surface area contributed by atoms with Crippen LogP contribution in [0.5, 0.6) is 17.2 Å². The van der Waals surface area contributed by atoms with Gasteiger partial charge in [0.05, 0.1) is 16.7 Å². The van der Waals surface area contributed by atoms with Crippen molar-refractivity contribution in [2.45, 2.75) is 6.10 Å². The van der Waals surface area contributed by atoms with Crippen LogP contribution in [0, 0.1) is 10.1 Å². The third kappa shape index (κ3) is 5.31. The number of non-ortho nitro benzene ring substituents is 1. The Morgan fingerprint density at radius 1 is 1.03 bits per heavy atom. The zero-order valence-electron chi connectivity index (χ0n) is 17.0. The van der Waals surface area contributed by atoms with Gasteiger partial charge >= 0.3 is 5.97 Å². The van der Waals surface area contributed by atoms with Gasteiger partial charge in [-0.1, -0.05) is 12.1 Å². The second-order valence-corrected chi connectivity index (χ2v) is 6.86. The van der Waals surface area contributed by atoms with E-state index in [4.69, 9.17) is 14.2 Å². The van der Waals surface area contributed by atoms with Crippen LogP contribution in [0.4, 0.5) is 5.69 Å². The summed E-state index contributed by atoms with van der Waals surface area (Å²) in [5.41, 5.74) is 3.12. The minimum Gasteiger partial charge on any atom is -0.485 e. The van der Waals surface area contributed by atoms with E-state index in [-0.39, 0.29) is 23.6 Å². The van der Waals surface area contributed by atoms with Crippen molar-refractivity contribution in [1.29, 1.82) is 0 Å². The largest absolute Gasteiger partial charge is 0.485 e. The van der Waals surface area contributed by atoms with Gasteiger partial charge in [-0.3, -0.25) is 14.9 Å². The number of nitrogens with zero attached hydrogens (tertiary/aromatic N) is 2. The summed E-state index contributed by atoms with van der Waals surface area (Å²) in [6.45, 7) is 0.0766. The molecule has 0 unspecified atom stereocenters. The Bertz CT molecular complexity index is 1210. The van der Waals surface area contributed by atoms with E-state index in [1.54, 1.807) is 42.5 Å². The number of ether oxygens (including phenoxy) is 3. The lowest BCUT2D eigenvalue weighted by Gasteiger charge is -2.24. The zero-order chi connectivity index (χ0) is 23.2. The fourth-order valence-electron chi connectivity index (χ4n) is 2.90. The lowest BCUT2D eigenvalue weighted by molar-refractivity contribution is -0.384. The first-order valence-corrected chi connectivity index (χ1v) is 9.78. The Hall–Kier alpha value is -4.73. The Labute approximate surface area is 187 Å². The standard InChI is InChI=1S/C23H17N3O7/c27-22(21-14-31-19-3-1-2-4-20(19)33-21)25-24-13-15-5-11-18(12-6-15)32-23(28)16-7-9-17(10-8-16)26(29)30/h1-13,21H,14H2,(H,25,27)/b24-13-/t21-/m1/s1.